The fourth-order valence-electron chi connectivity index (χ4n) is 2.80. The van der Waals surface area contributed by atoms with E-state index in [2.05, 4.69) is 36.4 Å². The van der Waals surface area contributed by atoms with Gasteiger partial charge in [-0.25, -0.2) is 13.1 Å². The normalized spacial score (nSPS) is 17.0. The van der Waals surface area contributed by atoms with Crippen LogP contribution in [0.2, 0.25) is 0 Å². The summed E-state index contributed by atoms with van der Waals surface area (Å²) >= 11 is 0. The summed E-state index contributed by atoms with van der Waals surface area (Å²) in [4.78, 5) is 0. The van der Waals surface area contributed by atoms with Gasteiger partial charge in [-0.2, -0.15) is 0 Å². The van der Waals surface area contributed by atoms with Crippen LogP contribution in [-0.2, 0) is 22.1 Å². The van der Waals surface area contributed by atoms with E-state index in [4.69, 9.17) is 0 Å². The Labute approximate surface area is 149 Å². The van der Waals surface area contributed by atoms with Gasteiger partial charge in [-0.1, -0.05) is 11.3 Å². The van der Waals surface area contributed by atoms with Crippen LogP contribution >= 0.6 is 0 Å². The van der Waals surface area contributed by atoms with Crippen molar-refractivity contribution in [2.24, 2.45) is 0 Å². The van der Waals surface area contributed by atoms with Crippen molar-refractivity contribution in [1.29, 1.82) is 0 Å². The fraction of sp³-hybridized carbons (Fsp3) is 0.529. The second-order valence-corrected chi connectivity index (χ2v) is 9.43. The molecule has 1 aromatic heterocycles. The molecule has 1 fully saturated rings. The quantitative estimate of drug-likeness (QED) is 0.903. The fourth-order valence-corrected chi connectivity index (χ4v) is 4.42. The van der Waals surface area contributed by atoms with E-state index in [-0.39, 0.29) is 11.3 Å². The Morgan fingerprint density at radius 3 is 2.64 bits per heavy atom. The molecule has 25 heavy (non-hydrogen) atoms. The Bertz CT molecular complexity index is 867. The van der Waals surface area contributed by atoms with Crippen LogP contribution in [0.15, 0.2) is 24.4 Å². The van der Waals surface area contributed by atoms with Gasteiger partial charge in [0.1, 0.15) is 5.69 Å². The lowest BCUT2D eigenvalue weighted by Crippen LogP contribution is -2.25. The molecule has 3 rings (SSSR count). The monoisotopic (exact) mass is 363 g/mol. The molecule has 0 aliphatic carbocycles. The number of rotatable bonds is 4. The molecule has 1 aliphatic rings. The van der Waals surface area contributed by atoms with Gasteiger partial charge in [0.2, 0.25) is 10.0 Å². The number of anilines is 2. The van der Waals surface area contributed by atoms with Crippen molar-refractivity contribution in [3.8, 4) is 0 Å². The number of hydrogen-bond acceptors (Lipinski definition) is 5. The molecule has 0 spiro atoms. The van der Waals surface area contributed by atoms with Crippen molar-refractivity contribution in [1.82, 2.24) is 15.0 Å². The second-order valence-electron chi connectivity index (χ2n) is 7.42. The number of aromatic nitrogens is 3. The Balaban J connectivity index is 1.76. The van der Waals surface area contributed by atoms with E-state index in [1.54, 1.807) is 0 Å². The smallest absolute Gasteiger partial charge is 0.235 e. The standard InChI is InChI=1S/C17H25N5O2S/c1-13-6-7-14(10-16(13)21-8-5-9-25(21,23)24)18-11-15-12-22(20-19-15)17(2,3)4/h6-7,10,12,18H,5,8-9,11H2,1-4H3. The highest BCUT2D eigenvalue weighted by molar-refractivity contribution is 7.93. The van der Waals surface area contributed by atoms with Crippen LogP contribution < -0.4 is 9.62 Å². The number of sulfonamides is 1. The average Bonchev–Trinajstić information content (AvgIpc) is 3.12. The molecule has 0 radical (unpaired) electrons. The predicted molar refractivity (Wildman–Crippen MR) is 99.3 cm³/mol. The topological polar surface area (TPSA) is 80.1 Å². The van der Waals surface area contributed by atoms with E-state index < -0.39 is 10.0 Å². The Hall–Kier alpha value is -2.09. The molecule has 136 valence electrons. The zero-order valence-corrected chi connectivity index (χ0v) is 16.0. The minimum atomic E-state index is -3.18. The Morgan fingerprint density at radius 2 is 2.04 bits per heavy atom. The van der Waals surface area contributed by atoms with Crippen molar-refractivity contribution < 1.29 is 8.42 Å². The minimum absolute atomic E-state index is 0.105. The highest BCUT2D eigenvalue weighted by atomic mass is 32.2. The average molecular weight is 363 g/mol. The maximum atomic E-state index is 12.2. The molecule has 2 heterocycles. The first-order valence-corrected chi connectivity index (χ1v) is 10.0. The van der Waals surface area contributed by atoms with Crippen LogP contribution in [0.3, 0.4) is 0 Å². The number of nitrogens with one attached hydrogen (secondary N) is 1. The Kier molecular flexibility index (Phi) is 4.49. The summed E-state index contributed by atoms with van der Waals surface area (Å²) in [6.45, 7) is 9.23. The first-order chi connectivity index (χ1) is 11.7. The lowest BCUT2D eigenvalue weighted by Gasteiger charge is -2.20. The van der Waals surface area contributed by atoms with Crippen LogP contribution in [0, 0.1) is 6.92 Å². The van der Waals surface area contributed by atoms with Crippen molar-refractivity contribution in [3.05, 3.63) is 35.7 Å². The van der Waals surface area contributed by atoms with Crippen molar-refractivity contribution in [2.75, 3.05) is 21.9 Å². The van der Waals surface area contributed by atoms with Gasteiger partial charge >= 0.3 is 0 Å². The van der Waals surface area contributed by atoms with Gasteiger partial charge < -0.3 is 5.32 Å². The van der Waals surface area contributed by atoms with Crippen LogP contribution in [0.4, 0.5) is 11.4 Å². The van der Waals surface area contributed by atoms with Gasteiger partial charge in [0.15, 0.2) is 0 Å². The summed E-state index contributed by atoms with van der Waals surface area (Å²) in [5, 5.41) is 11.6. The van der Waals surface area contributed by atoms with Gasteiger partial charge in [0.25, 0.3) is 0 Å². The van der Waals surface area contributed by atoms with E-state index in [0.29, 0.717) is 19.5 Å². The molecule has 0 amide bonds. The van der Waals surface area contributed by atoms with Crippen LogP contribution in [0.25, 0.3) is 0 Å². The second kappa shape index (κ2) is 6.33. The molecular formula is C17H25N5O2S. The lowest BCUT2D eigenvalue weighted by molar-refractivity contribution is 0.347. The Morgan fingerprint density at radius 1 is 1.28 bits per heavy atom. The first-order valence-electron chi connectivity index (χ1n) is 8.43. The maximum absolute atomic E-state index is 12.2. The van der Waals surface area contributed by atoms with Crippen LogP contribution in [0.5, 0.6) is 0 Å². The van der Waals surface area contributed by atoms with E-state index in [1.165, 1.54) is 4.31 Å². The van der Waals surface area contributed by atoms with Crippen molar-refractivity contribution >= 4 is 21.4 Å². The highest BCUT2D eigenvalue weighted by Gasteiger charge is 2.29. The summed E-state index contributed by atoms with van der Waals surface area (Å²) in [5.41, 5.74) is 3.31. The molecule has 1 N–H and O–H groups in total. The van der Waals surface area contributed by atoms with Crippen LogP contribution in [-0.4, -0.2) is 35.7 Å². The first kappa shape index (κ1) is 17.7. The molecule has 2 aromatic rings. The number of aryl methyl sites for hydroxylation is 1. The highest BCUT2D eigenvalue weighted by Crippen LogP contribution is 2.30. The summed E-state index contributed by atoms with van der Waals surface area (Å²) in [6, 6.07) is 5.79. The third-order valence-corrected chi connectivity index (χ3v) is 6.13. The van der Waals surface area contributed by atoms with E-state index in [0.717, 1.165) is 22.6 Å². The molecule has 0 bridgehead atoms. The van der Waals surface area contributed by atoms with Crippen molar-refractivity contribution in [3.63, 3.8) is 0 Å². The number of nitrogens with zero attached hydrogens (tertiary/aromatic N) is 4. The molecule has 1 aromatic carbocycles. The van der Waals surface area contributed by atoms with Gasteiger partial charge in [-0.05, 0) is 51.8 Å². The van der Waals surface area contributed by atoms with E-state index in [9.17, 15) is 8.42 Å². The van der Waals surface area contributed by atoms with E-state index in [1.807, 2.05) is 36.0 Å². The zero-order valence-electron chi connectivity index (χ0n) is 15.2. The zero-order chi connectivity index (χ0) is 18.2. The molecule has 8 heteroatoms. The van der Waals surface area contributed by atoms with Gasteiger partial charge in [-0.15, -0.1) is 5.10 Å². The largest absolute Gasteiger partial charge is 0.379 e. The van der Waals surface area contributed by atoms with Gasteiger partial charge in [0.05, 0.1) is 29.7 Å². The van der Waals surface area contributed by atoms with Gasteiger partial charge in [0, 0.05) is 12.2 Å². The number of benzene rings is 1. The molecule has 7 nitrogen and oxygen atoms in total. The molecule has 0 atom stereocenters. The minimum Gasteiger partial charge on any atom is -0.379 e. The van der Waals surface area contributed by atoms with Gasteiger partial charge in [-0.3, -0.25) is 4.31 Å². The maximum Gasteiger partial charge on any atom is 0.235 e. The molecule has 0 unspecified atom stereocenters. The summed E-state index contributed by atoms with van der Waals surface area (Å²) < 4.78 is 27.7. The molecule has 0 saturated carbocycles. The molecular weight excluding hydrogens is 338 g/mol. The summed E-state index contributed by atoms with van der Waals surface area (Å²) in [5.74, 6) is 0.222. The van der Waals surface area contributed by atoms with E-state index >= 15 is 0 Å². The molecule has 1 aliphatic heterocycles. The molecule has 1 saturated heterocycles. The third kappa shape index (κ3) is 3.78. The predicted octanol–water partition coefficient (Wildman–Crippen LogP) is 2.49. The summed E-state index contributed by atoms with van der Waals surface area (Å²) in [6.07, 6.45) is 2.60. The lowest BCUT2D eigenvalue weighted by atomic mass is 10.1. The van der Waals surface area contributed by atoms with Crippen LogP contribution in [0.1, 0.15) is 38.4 Å². The number of hydrogen-bond donors (Lipinski definition) is 1. The van der Waals surface area contributed by atoms with Crippen molar-refractivity contribution in [2.45, 2.75) is 46.2 Å². The summed E-state index contributed by atoms with van der Waals surface area (Å²) in [7, 11) is -3.18. The SMILES string of the molecule is Cc1ccc(NCc2cn(C(C)(C)C)nn2)cc1N1CCCS1(=O)=O. The third-order valence-electron chi connectivity index (χ3n) is 4.28.